The Morgan fingerprint density at radius 3 is 2.78 bits per heavy atom. The monoisotopic (exact) mass is 336 g/mol. The van der Waals surface area contributed by atoms with Crippen molar-refractivity contribution in [2.45, 2.75) is 18.9 Å². The van der Waals surface area contributed by atoms with Crippen LogP contribution in [0.25, 0.3) is 11.1 Å². The molecular weight excluding hydrogens is 316 g/mol. The molecular formula is C16H21ClN4O2. The van der Waals surface area contributed by atoms with E-state index in [1.165, 1.54) is 25.9 Å². The van der Waals surface area contributed by atoms with E-state index in [-0.39, 0.29) is 24.4 Å². The molecule has 0 aliphatic carbocycles. The maximum atomic E-state index is 12.7. The van der Waals surface area contributed by atoms with E-state index in [1.807, 2.05) is 12.1 Å². The highest BCUT2D eigenvalue weighted by Crippen LogP contribution is 2.28. The van der Waals surface area contributed by atoms with Crippen molar-refractivity contribution < 1.29 is 9.21 Å². The SMILES string of the molecule is CNc1nc2c(C(=O)N[C@@H]3CN4CCC3CC4)cccc2o1.Cl. The number of oxazole rings is 1. The van der Waals surface area contributed by atoms with Crippen LogP contribution in [0.2, 0.25) is 0 Å². The van der Waals surface area contributed by atoms with Crippen LogP contribution in [0.5, 0.6) is 0 Å². The van der Waals surface area contributed by atoms with Gasteiger partial charge in [0.15, 0.2) is 5.58 Å². The van der Waals surface area contributed by atoms with Crippen LogP contribution in [-0.2, 0) is 0 Å². The summed E-state index contributed by atoms with van der Waals surface area (Å²) in [5.74, 6) is 0.554. The lowest BCUT2D eigenvalue weighted by Crippen LogP contribution is -2.57. The number of halogens is 1. The van der Waals surface area contributed by atoms with Crippen LogP contribution in [0, 0.1) is 5.92 Å². The van der Waals surface area contributed by atoms with Gasteiger partial charge in [0.25, 0.3) is 11.9 Å². The molecule has 3 saturated heterocycles. The first-order valence-corrected chi connectivity index (χ1v) is 7.85. The lowest BCUT2D eigenvalue weighted by molar-refractivity contribution is 0.0621. The highest BCUT2D eigenvalue weighted by atomic mass is 35.5. The van der Waals surface area contributed by atoms with E-state index in [2.05, 4.69) is 20.5 Å². The predicted octanol–water partition coefficient (Wildman–Crippen LogP) is 2.12. The molecule has 23 heavy (non-hydrogen) atoms. The van der Waals surface area contributed by atoms with Crippen LogP contribution >= 0.6 is 12.4 Å². The molecule has 0 spiro atoms. The fourth-order valence-corrected chi connectivity index (χ4v) is 3.61. The first-order chi connectivity index (χ1) is 10.7. The summed E-state index contributed by atoms with van der Waals surface area (Å²) in [6.07, 6.45) is 2.37. The van der Waals surface area contributed by atoms with Crippen LogP contribution in [0.1, 0.15) is 23.2 Å². The number of nitrogens with one attached hydrogen (secondary N) is 2. The average molecular weight is 337 g/mol. The molecule has 1 atom stereocenters. The largest absolute Gasteiger partial charge is 0.424 e. The molecule has 7 heteroatoms. The number of carbonyl (C=O) groups is 1. The minimum atomic E-state index is -0.0553. The van der Waals surface area contributed by atoms with Crippen molar-refractivity contribution in [3.63, 3.8) is 0 Å². The molecule has 2 N–H and O–H groups in total. The number of rotatable bonds is 3. The normalized spacial score (nSPS) is 25.9. The number of amides is 1. The van der Waals surface area contributed by atoms with E-state index in [4.69, 9.17) is 4.42 Å². The van der Waals surface area contributed by atoms with Gasteiger partial charge in [-0.3, -0.25) is 4.79 Å². The molecule has 0 saturated carbocycles. The Hall–Kier alpha value is -1.79. The van der Waals surface area contributed by atoms with Crippen molar-refractivity contribution in [3.05, 3.63) is 23.8 Å². The standard InChI is InChI=1S/C16H20N4O2.ClH/c1-17-16-19-14-11(3-2-4-13(14)22-16)15(21)18-12-9-20-7-5-10(12)6-8-20;/h2-4,10,12H,5-9H2,1H3,(H,17,19)(H,18,21);1H/t12-;/m1./s1. The minimum absolute atomic E-state index is 0. The van der Waals surface area contributed by atoms with Gasteiger partial charge in [-0.15, -0.1) is 12.4 Å². The number of carbonyl (C=O) groups excluding carboxylic acids is 1. The Bertz CT molecular complexity index is 709. The Labute approximate surface area is 141 Å². The van der Waals surface area contributed by atoms with Gasteiger partial charge in [0.2, 0.25) is 0 Å². The van der Waals surface area contributed by atoms with E-state index in [0.29, 0.717) is 28.6 Å². The molecule has 5 rings (SSSR count). The molecule has 1 aromatic carbocycles. The van der Waals surface area contributed by atoms with E-state index in [9.17, 15) is 4.79 Å². The van der Waals surface area contributed by atoms with Gasteiger partial charge < -0.3 is 20.0 Å². The van der Waals surface area contributed by atoms with E-state index in [0.717, 1.165) is 6.54 Å². The van der Waals surface area contributed by atoms with Gasteiger partial charge >= 0.3 is 0 Å². The van der Waals surface area contributed by atoms with Crippen LogP contribution in [0.4, 0.5) is 6.01 Å². The summed E-state index contributed by atoms with van der Waals surface area (Å²) < 4.78 is 5.54. The van der Waals surface area contributed by atoms with Crippen LogP contribution in [0.15, 0.2) is 22.6 Å². The second-order valence-electron chi connectivity index (χ2n) is 6.14. The molecule has 3 aliphatic heterocycles. The van der Waals surface area contributed by atoms with Crippen molar-refractivity contribution in [1.82, 2.24) is 15.2 Å². The molecule has 3 aliphatic rings. The van der Waals surface area contributed by atoms with Crippen LogP contribution in [-0.4, -0.2) is 48.5 Å². The maximum Gasteiger partial charge on any atom is 0.295 e. The number of nitrogens with zero attached hydrogens (tertiary/aromatic N) is 2. The molecule has 4 heterocycles. The topological polar surface area (TPSA) is 70.4 Å². The quantitative estimate of drug-likeness (QED) is 0.898. The van der Waals surface area contributed by atoms with Gasteiger partial charge in [0.05, 0.1) is 5.56 Å². The number of fused-ring (bicyclic) bond motifs is 4. The Balaban J connectivity index is 0.00000156. The molecule has 1 aromatic heterocycles. The van der Waals surface area contributed by atoms with Crippen molar-refractivity contribution in [2.75, 3.05) is 32.0 Å². The summed E-state index contributed by atoms with van der Waals surface area (Å²) >= 11 is 0. The number of hydrogen-bond acceptors (Lipinski definition) is 5. The third-order valence-corrected chi connectivity index (χ3v) is 4.85. The van der Waals surface area contributed by atoms with E-state index >= 15 is 0 Å². The number of hydrogen-bond donors (Lipinski definition) is 2. The number of benzene rings is 1. The molecule has 2 bridgehead atoms. The summed E-state index contributed by atoms with van der Waals surface area (Å²) in [6.45, 7) is 3.30. The molecule has 3 fully saturated rings. The van der Waals surface area contributed by atoms with Gasteiger partial charge in [-0.25, -0.2) is 0 Å². The minimum Gasteiger partial charge on any atom is -0.424 e. The number of aromatic nitrogens is 1. The van der Waals surface area contributed by atoms with Crippen molar-refractivity contribution in [3.8, 4) is 0 Å². The molecule has 124 valence electrons. The Kier molecular flexibility index (Phi) is 4.46. The number of piperidine rings is 3. The maximum absolute atomic E-state index is 12.7. The van der Waals surface area contributed by atoms with Crippen molar-refractivity contribution in [2.24, 2.45) is 5.92 Å². The molecule has 1 amide bonds. The molecule has 2 aromatic rings. The smallest absolute Gasteiger partial charge is 0.295 e. The van der Waals surface area contributed by atoms with Crippen LogP contribution in [0.3, 0.4) is 0 Å². The summed E-state index contributed by atoms with van der Waals surface area (Å²) in [5, 5.41) is 6.07. The van der Waals surface area contributed by atoms with E-state index < -0.39 is 0 Å². The number of para-hydroxylation sites is 1. The van der Waals surface area contributed by atoms with Crippen molar-refractivity contribution in [1.29, 1.82) is 0 Å². The summed E-state index contributed by atoms with van der Waals surface area (Å²) in [5.41, 5.74) is 1.83. The lowest BCUT2D eigenvalue weighted by Gasteiger charge is -2.44. The first-order valence-electron chi connectivity index (χ1n) is 7.85. The van der Waals surface area contributed by atoms with Crippen molar-refractivity contribution >= 4 is 35.4 Å². The number of anilines is 1. The molecule has 0 unspecified atom stereocenters. The second kappa shape index (κ2) is 6.37. The Morgan fingerprint density at radius 2 is 2.13 bits per heavy atom. The van der Waals surface area contributed by atoms with Crippen LogP contribution < -0.4 is 10.6 Å². The zero-order valence-electron chi connectivity index (χ0n) is 13.0. The summed E-state index contributed by atoms with van der Waals surface area (Å²) in [6, 6.07) is 6.15. The van der Waals surface area contributed by atoms with Gasteiger partial charge in [0, 0.05) is 19.6 Å². The van der Waals surface area contributed by atoms with E-state index in [1.54, 1.807) is 13.1 Å². The Morgan fingerprint density at radius 1 is 1.35 bits per heavy atom. The zero-order valence-corrected chi connectivity index (χ0v) is 13.9. The van der Waals surface area contributed by atoms with Gasteiger partial charge in [-0.1, -0.05) is 6.07 Å². The van der Waals surface area contributed by atoms with Gasteiger partial charge in [-0.2, -0.15) is 4.98 Å². The zero-order chi connectivity index (χ0) is 15.1. The fourth-order valence-electron chi connectivity index (χ4n) is 3.61. The molecule has 0 radical (unpaired) electrons. The van der Waals surface area contributed by atoms with Gasteiger partial charge in [-0.05, 0) is 44.0 Å². The first kappa shape index (κ1) is 16.1. The third kappa shape index (κ3) is 2.88. The highest BCUT2D eigenvalue weighted by molar-refractivity contribution is 6.04. The predicted molar refractivity (Wildman–Crippen MR) is 91.2 cm³/mol. The average Bonchev–Trinajstić information content (AvgIpc) is 2.99. The molecule has 6 nitrogen and oxygen atoms in total. The third-order valence-electron chi connectivity index (χ3n) is 4.85. The fraction of sp³-hybridized carbons (Fsp3) is 0.500. The summed E-state index contributed by atoms with van der Waals surface area (Å²) in [7, 11) is 1.75. The highest BCUT2D eigenvalue weighted by Gasteiger charge is 2.35. The summed E-state index contributed by atoms with van der Waals surface area (Å²) in [4.78, 5) is 19.4. The lowest BCUT2D eigenvalue weighted by atomic mass is 9.84. The van der Waals surface area contributed by atoms with Gasteiger partial charge in [0.1, 0.15) is 5.52 Å². The second-order valence-corrected chi connectivity index (χ2v) is 6.14.